The second kappa shape index (κ2) is 6.81. The quantitative estimate of drug-likeness (QED) is 0.600. The highest BCUT2D eigenvalue weighted by Gasteiger charge is 2.11. The zero-order chi connectivity index (χ0) is 17.9. The summed E-state index contributed by atoms with van der Waals surface area (Å²) in [6, 6.07) is 12.9. The van der Waals surface area contributed by atoms with Crippen molar-refractivity contribution in [3.05, 3.63) is 71.6 Å². The molecule has 0 spiro atoms. The molecular formula is C17H11FN6OS. The van der Waals surface area contributed by atoms with Gasteiger partial charge in [-0.1, -0.05) is 6.07 Å². The maximum Gasteiger partial charge on any atom is 0.257 e. The molecular weight excluding hydrogens is 355 g/mol. The first-order chi connectivity index (χ1) is 12.7. The molecule has 0 aliphatic rings. The van der Waals surface area contributed by atoms with E-state index in [2.05, 4.69) is 25.8 Å². The number of aromatic nitrogens is 5. The van der Waals surface area contributed by atoms with Gasteiger partial charge in [0.25, 0.3) is 5.91 Å². The second-order valence-corrected chi connectivity index (χ2v) is 6.16. The van der Waals surface area contributed by atoms with Gasteiger partial charge in [-0.05, 0) is 52.9 Å². The minimum absolute atomic E-state index is 0.292. The normalized spacial score (nSPS) is 10.7. The summed E-state index contributed by atoms with van der Waals surface area (Å²) < 4.78 is 14.5. The van der Waals surface area contributed by atoms with Gasteiger partial charge in [0.1, 0.15) is 12.1 Å². The molecule has 26 heavy (non-hydrogen) atoms. The van der Waals surface area contributed by atoms with Crippen LogP contribution in [0.2, 0.25) is 0 Å². The molecule has 128 valence electrons. The summed E-state index contributed by atoms with van der Waals surface area (Å²) >= 11 is 1.30. The van der Waals surface area contributed by atoms with Crippen molar-refractivity contribution in [3.63, 3.8) is 0 Å². The number of halogens is 1. The largest absolute Gasteiger partial charge is 0.298 e. The topological polar surface area (TPSA) is 85.6 Å². The van der Waals surface area contributed by atoms with Crippen LogP contribution in [0.3, 0.4) is 0 Å². The number of nitrogens with zero attached hydrogens (tertiary/aromatic N) is 5. The van der Waals surface area contributed by atoms with Crippen LogP contribution in [0.15, 0.2) is 60.2 Å². The number of rotatable bonds is 4. The fraction of sp³-hybridized carbons (Fsp3) is 0. The van der Waals surface area contributed by atoms with Crippen LogP contribution in [0, 0.1) is 5.82 Å². The molecule has 0 aliphatic carbocycles. The zero-order valence-corrected chi connectivity index (χ0v) is 14.0. The number of tetrazole rings is 1. The lowest BCUT2D eigenvalue weighted by Crippen LogP contribution is -2.12. The van der Waals surface area contributed by atoms with E-state index in [1.807, 2.05) is 0 Å². The first-order valence-corrected chi connectivity index (χ1v) is 8.43. The number of hydrogen-bond acceptors (Lipinski definition) is 6. The number of hydrogen-bond donors (Lipinski definition) is 1. The van der Waals surface area contributed by atoms with Gasteiger partial charge >= 0.3 is 0 Å². The number of carbonyl (C=O) groups is 1. The minimum Gasteiger partial charge on any atom is -0.298 e. The van der Waals surface area contributed by atoms with Crippen molar-refractivity contribution in [1.29, 1.82) is 0 Å². The van der Waals surface area contributed by atoms with Crippen molar-refractivity contribution in [2.75, 3.05) is 5.32 Å². The predicted molar refractivity (Wildman–Crippen MR) is 94.6 cm³/mol. The van der Waals surface area contributed by atoms with Crippen LogP contribution < -0.4 is 5.32 Å². The Kier molecular flexibility index (Phi) is 4.20. The molecule has 0 atom stereocenters. The Bertz CT molecular complexity index is 1050. The lowest BCUT2D eigenvalue weighted by Gasteiger charge is -2.04. The first kappa shape index (κ1) is 16.0. The average molecular weight is 366 g/mol. The number of thiazole rings is 1. The Labute approximate surface area is 151 Å². The SMILES string of the molecule is O=C(Nc1nc(-c2ccc(F)cc2)cs1)c1cccc(-n2cnnn2)c1. The molecule has 2 heterocycles. The van der Waals surface area contributed by atoms with Crippen molar-refractivity contribution in [3.8, 4) is 16.9 Å². The Balaban J connectivity index is 1.52. The smallest absolute Gasteiger partial charge is 0.257 e. The van der Waals surface area contributed by atoms with Gasteiger partial charge in [0.2, 0.25) is 0 Å². The van der Waals surface area contributed by atoms with Gasteiger partial charge in [-0.25, -0.2) is 14.1 Å². The molecule has 0 saturated carbocycles. The van der Waals surface area contributed by atoms with E-state index in [9.17, 15) is 9.18 Å². The molecule has 2 aromatic heterocycles. The maximum absolute atomic E-state index is 13.0. The molecule has 0 aliphatic heterocycles. The molecule has 0 unspecified atom stereocenters. The van der Waals surface area contributed by atoms with Crippen molar-refractivity contribution in [1.82, 2.24) is 25.2 Å². The van der Waals surface area contributed by atoms with Crippen LogP contribution in [0.5, 0.6) is 0 Å². The molecule has 4 rings (SSSR count). The van der Waals surface area contributed by atoms with Crippen LogP contribution >= 0.6 is 11.3 Å². The van der Waals surface area contributed by atoms with Crippen LogP contribution in [0.1, 0.15) is 10.4 Å². The van der Waals surface area contributed by atoms with Crippen molar-refractivity contribution in [2.24, 2.45) is 0 Å². The number of nitrogens with one attached hydrogen (secondary N) is 1. The van der Waals surface area contributed by atoms with Crippen molar-refractivity contribution < 1.29 is 9.18 Å². The molecule has 0 bridgehead atoms. The summed E-state index contributed by atoms with van der Waals surface area (Å²) in [7, 11) is 0. The third-order valence-electron chi connectivity index (χ3n) is 3.59. The van der Waals surface area contributed by atoms with E-state index in [0.717, 1.165) is 5.56 Å². The van der Waals surface area contributed by atoms with Gasteiger partial charge in [0, 0.05) is 16.5 Å². The van der Waals surface area contributed by atoms with Crippen molar-refractivity contribution in [2.45, 2.75) is 0 Å². The Morgan fingerprint density at radius 1 is 1.15 bits per heavy atom. The Morgan fingerprint density at radius 2 is 2.00 bits per heavy atom. The fourth-order valence-corrected chi connectivity index (χ4v) is 3.04. The lowest BCUT2D eigenvalue weighted by atomic mass is 10.2. The molecule has 9 heteroatoms. The number of benzene rings is 2. The first-order valence-electron chi connectivity index (χ1n) is 7.55. The zero-order valence-electron chi connectivity index (χ0n) is 13.2. The summed E-state index contributed by atoms with van der Waals surface area (Å²) in [5.74, 6) is -0.597. The minimum atomic E-state index is -0.306. The van der Waals surface area contributed by atoms with E-state index in [4.69, 9.17) is 0 Å². The summed E-state index contributed by atoms with van der Waals surface area (Å²) in [6.45, 7) is 0. The third-order valence-corrected chi connectivity index (χ3v) is 4.34. The maximum atomic E-state index is 13.0. The lowest BCUT2D eigenvalue weighted by molar-refractivity contribution is 0.102. The highest BCUT2D eigenvalue weighted by molar-refractivity contribution is 7.14. The van der Waals surface area contributed by atoms with Gasteiger partial charge < -0.3 is 0 Å². The van der Waals surface area contributed by atoms with Crippen LogP contribution in [0.25, 0.3) is 16.9 Å². The monoisotopic (exact) mass is 366 g/mol. The molecule has 2 aromatic carbocycles. The van der Waals surface area contributed by atoms with Gasteiger partial charge in [0.05, 0.1) is 11.4 Å². The molecule has 0 radical (unpaired) electrons. The van der Waals surface area contributed by atoms with E-state index in [0.29, 0.717) is 22.1 Å². The fourth-order valence-electron chi connectivity index (χ4n) is 2.32. The second-order valence-electron chi connectivity index (χ2n) is 5.30. The summed E-state index contributed by atoms with van der Waals surface area (Å²) in [4.78, 5) is 16.8. The van der Waals surface area contributed by atoms with Crippen LogP contribution in [-0.2, 0) is 0 Å². The van der Waals surface area contributed by atoms with E-state index in [1.54, 1.807) is 41.8 Å². The highest BCUT2D eigenvalue weighted by Crippen LogP contribution is 2.25. The van der Waals surface area contributed by atoms with E-state index in [1.165, 1.54) is 34.5 Å². The standard InChI is InChI=1S/C17H11FN6OS/c18-13-6-4-11(5-7-13)15-9-26-17(20-15)21-16(25)12-2-1-3-14(8-12)24-10-19-22-23-24/h1-10H,(H,20,21,25). The molecule has 7 nitrogen and oxygen atoms in total. The molecule has 1 N–H and O–H groups in total. The number of anilines is 1. The summed E-state index contributed by atoms with van der Waals surface area (Å²) in [5, 5.41) is 16.0. The number of amides is 1. The van der Waals surface area contributed by atoms with Crippen LogP contribution in [-0.4, -0.2) is 31.1 Å². The van der Waals surface area contributed by atoms with Crippen molar-refractivity contribution >= 4 is 22.4 Å². The highest BCUT2D eigenvalue weighted by atomic mass is 32.1. The van der Waals surface area contributed by atoms with Gasteiger partial charge in [-0.3, -0.25) is 10.1 Å². The summed E-state index contributed by atoms with van der Waals surface area (Å²) in [6.07, 6.45) is 1.45. The third kappa shape index (κ3) is 3.33. The number of carbonyl (C=O) groups excluding carboxylic acids is 1. The van der Waals surface area contributed by atoms with Gasteiger partial charge in [0.15, 0.2) is 5.13 Å². The predicted octanol–water partition coefficient (Wildman–Crippen LogP) is 3.18. The van der Waals surface area contributed by atoms with E-state index in [-0.39, 0.29) is 11.7 Å². The van der Waals surface area contributed by atoms with Gasteiger partial charge in [-0.2, -0.15) is 0 Å². The average Bonchev–Trinajstić information content (AvgIpc) is 3.34. The van der Waals surface area contributed by atoms with Crippen LogP contribution in [0.4, 0.5) is 9.52 Å². The van der Waals surface area contributed by atoms with E-state index >= 15 is 0 Å². The van der Waals surface area contributed by atoms with E-state index < -0.39 is 0 Å². The van der Waals surface area contributed by atoms with Gasteiger partial charge in [-0.15, -0.1) is 16.4 Å². The summed E-state index contributed by atoms with van der Waals surface area (Å²) in [5.41, 5.74) is 2.59. The molecule has 0 saturated heterocycles. The molecule has 1 amide bonds. The molecule has 0 fully saturated rings. The Hall–Kier alpha value is -3.46. The Morgan fingerprint density at radius 3 is 2.77 bits per heavy atom. The molecule has 4 aromatic rings.